The second-order valence-corrected chi connectivity index (χ2v) is 8.32. The number of aromatic carboxylic acids is 1. The normalized spacial score (nSPS) is 20.9. The minimum Gasteiger partial charge on any atom is -0.476 e. The van der Waals surface area contributed by atoms with E-state index in [1.165, 1.54) is 0 Å². The molecule has 0 bridgehead atoms. The zero-order chi connectivity index (χ0) is 20.2. The molecule has 0 spiro atoms. The molecule has 2 N–H and O–H groups in total. The van der Waals surface area contributed by atoms with Crippen LogP contribution >= 0.6 is 39.1 Å². The van der Waals surface area contributed by atoms with Gasteiger partial charge in [0.25, 0.3) is 0 Å². The number of hydrogen-bond acceptors (Lipinski definition) is 3. The van der Waals surface area contributed by atoms with E-state index in [1.807, 2.05) is 42.7 Å². The standard InChI is InChI=1S/C20H16BrCl2N3O2/c1-9-14(23)7-6-13-15(9)10(2)26-18(17(19(27)28)25-20(26)21)16(13)24-12-5-3-4-11(22)8-12/h3-9,16,24H,1-2H3,(H,27,28). The lowest BCUT2D eigenvalue weighted by atomic mass is 9.80. The Bertz CT molecular complexity index is 1100. The number of hydrogen-bond donors (Lipinski definition) is 2. The fourth-order valence-electron chi connectivity index (χ4n) is 3.87. The zero-order valence-corrected chi connectivity index (χ0v) is 18.1. The molecule has 1 aromatic carbocycles. The summed E-state index contributed by atoms with van der Waals surface area (Å²) in [5.74, 6) is -1.09. The van der Waals surface area contributed by atoms with Crippen molar-refractivity contribution >= 4 is 56.5 Å². The third kappa shape index (κ3) is 3.00. The first-order valence-electron chi connectivity index (χ1n) is 8.62. The van der Waals surface area contributed by atoms with Crippen molar-refractivity contribution in [3.8, 4) is 0 Å². The van der Waals surface area contributed by atoms with Gasteiger partial charge in [0.05, 0.1) is 11.7 Å². The molecule has 2 heterocycles. The van der Waals surface area contributed by atoms with E-state index in [2.05, 4.69) is 26.2 Å². The Labute approximate surface area is 180 Å². The number of fused-ring (bicyclic) bond motifs is 2. The van der Waals surface area contributed by atoms with E-state index in [1.54, 1.807) is 12.1 Å². The maximum atomic E-state index is 11.9. The number of allylic oxidation sites excluding steroid dienone is 4. The van der Waals surface area contributed by atoms with Gasteiger partial charge < -0.3 is 10.4 Å². The lowest BCUT2D eigenvalue weighted by Gasteiger charge is -2.36. The highest BCUT2D eigenvalue weighted by atomic mass is 79.9. The van der Waals surface area contributed by atoms with E-state index in [9.17, 15) is 9.90 Å². The van der Waals surface area contributed by atoms with Crippen molar-refractivity contribution in [3.05, 3.63) is 73.7 Å². The molecule has 2 aromatic rings. The number of imidazole rings is 1. The van der Waals surface area contributed by atoms with Crippen LogP contribution in [0.4, 0.5) is 5.69 Å². The van der Waals surface area contributed by atoms with Gasteiger partial charge in [0.15, 0.2) is 10.4 Å². The predicted octanol–water partition coefficient (Wildman–Crippen LogP) is 6.09. The molecule has 1 aliphatic carbocycles. The number of nitrogens with zero attached hydrogens (tertiary/aromatic N) is 2. The lowest BCUT2D eigenvalue weighted by molar-refractivity contribution is 0.0689. The van der Waals surface area contributed by atoms with E-state index < -0.39 is 12.0 Å². The predicted molar refractivity (Wildman–Crippen MR) is 115 cm³/mol. The number of benzene rings is 1. The molecular formula is C20H16BrCl2N3O2. The maximum Gasteiger partial charge on any atom is 0.356 e. The van der Waals surface area contributed by atoms with Crippen LogP contribution in [0.2, 0.25) is 5.02 Å². The number of carbonyl (C=O) groups is 1. The first kappa shape index (κ1) is 19.3. The number of anilines is 1. The van der Waals surface area contributed by atoms with Crippen molar-refractivity contribution < 1.29 is 9.90 Å². The van der Waals surface area contributed by atoms with Crippen LogP contribution in [0.1, 0.15) is 36.1 Å². The minimum absolute atomic E-state index is 0.000920. The molecule has 0 radical (unpaired) electrons. The van der Waals surface area contributed by atoms with E-state index in [0.717, 1.165) is 27.6 Å². The third-order valence-corrected chi connectivity index (χ3v) is 6.32. The molecule has 0 saturated carbocycles. The molecule has 144 valence electrons. The van der Waals surface area contributed by atoms with Crippen molar-refractivity contribution in [2.45, 2.75) is 19.9 Å². The van der Waals surface area contributed by atoms with Gasteiger partial charge in [-0.25, -0.2) is 9.78 Å². The van der Waals surface area contributed by atoms with Crippen LogP contribution < -0.4 is 5.32 Å². The Balaban J connectivity index is 1.97. The van der Waals surface area contributed by atoms with Crippen LogP contribution in [0.25, 0.3) is 5.70 Å². The number of aromatic nitrogens is 2. The number of nitrogens with one attached hydrogen (secondary N) is 1. The van der Waals surface area contributed by atoms with E-state index >= 15 is 0 Å². The molecule has 2 atom stereocenters. The average Bonchev–Trinajstić information content (AvgIpc) is 2.99. The first-order chi connectivity index (χ1) is 13.3. The third-order valence-electron chi connectivity index (χ3n) is 5.10. The summed E-state index contributed by atoms with van der Waals surface area (Å²) in [5.41, 5.74) is 4.26. The fraction of sp³-hybridized carbons (Fsp3) is 0.200. The summed E-state index contributed by atoms with van der Waals surface area (Å²) in [6, 6.07) is 6.90. The molecule has 1 aromatic heterocycles. The largest absolute Gasteiger partial charge is 0.476 e. The van der Waals surface area contributed by atoms with E-state index in [0.29, 0.717) is 15.5 Å². The summed E-state index contributed by atoms with van der Waals surface area (Å²) in [6.45, 7) is 3.99. The topological polar surface area (TPSA) is 67.2 Å². The average molecular weight is 481 g/mol. The molecular weight excluding hydrogens is 465 g/mol. The Morgan fingerprint density at radius 3 is 2.75 bits per heavy atom. The molecule has 0 fully saturated rings. The monoisotopic (exact) mass is 479 g/mol. The van der Waals surface area contributed by atoms with Crippen LogP contribution in [0.3, 0.4) is 0 Å². The number of carboxylic acid groups (broad SMARTS) is 1. The molecule has 28 heavy (non-hydrogen) atoms. The Kier molecular flexibility index (Phi) is 4.89. The number of halogens is 3. The van der Waals surface area contributed by atoms with Gasteiger partial charge in [0.1, 0.15) is 0 Å². The van der Waals surface area contributed by atoms with E-state index in [4.69, 9.17) is 23.2 Å². The molecule has 5 nitrogen and oxygen atoms in total. The number of rotatable bonds is 3. The zero-order valence-electron chi connectivity index (χ0n) is 15.0. The smallest absolute Gasteiger partial charge is 0.356 e. The van der Waals surface area contributed by atoms with Crippen LogP contribution in [0, 0.1) is 5.92 Å². The van der Waals surface area contributed by atoms with Gasteiger partial charge in [-0.1, -0.05) is 42.3 Å². The Morgan fingerprint density at radius 2 is 2.07 bits per heavy atom. The Morgan fingerprint density at radius 1 is 1.32 bits per heavy atom. The molecule has 0 amide bonds. The highest BCUT2D eigenvalue weighted by Crippen LogP contribution is 2.48. The van der Waals surface area contributed by atoms with Crippen LogP contribution in [-0.4, -0.2) is 20.6 Å². The van der Waals surface area contributed by atoms with Gasteiger partial charge in [-0.2, -0.15) is 0 Å². The van der Waals surface area contributed by atoms with Crippen molar-refractivity contribution in [1.29, 1.82) is 0 Å². The fourth-order valence-corrected chi connectivity index (χ4v) is 4.87. The van der Waals surface area contributed by atoms with Gasteiger partial charge in [0, 0.05) is 27.4 Å². The van der Waals surface area contributed by atoms with Crippen molar-refractivity contribution in [2.75, 3.05) is 5.32 Å². The van der Waals surface area contributed by atoms with Gasteiger partial charge >= 0.3 is 5.97 Å². The van der Waals surface area contributed by atoms with Crippen molar-refractivity contribution in [1.82, 2.24) is 9.55 Å². The maximum absolute atomic E-state index is 11.9. The van der Waals surface area contributed by atoms with E-state index in [-0.39, 0.29) is 11.6 Å². The minimum atomic E-state index is -1.08. The lowest BCUT2D eigenvalue weighted by Crippen LogP contribution is -2.28. The van der Waals surface area contributed by atoms with Crippen molar-refractivity contribution in [3.63, 3.8) is 0 Å². The molecule has 0 saturated heterocycles. The second kappa shape index (κ2) is 7.10. The first-order valence-corrected chi connectivity index (χ1v) is 10.2. The summed E-state index contributed by atoms with van der Waals surface area (Å²) in [6.07, 6.45) is 3.81. The summed E-state index contributed by atoms with van der Waals surface area (Å²) in [5, 5.41) is 14.5. The molecule has 2 unspecified atom stereocenters. The Hall–Kier alpha value is -2.02. The molecule has 2 aliphatic rings. The summed E-state index contributed by atoms with van der Waals surface area (Å²) < 4.78 is 2.28. The van der Waals surface area contributed by atoms with Gasteiger partial charge in [0.2, 0.25) is 0 Å². The highest BCUT2D eigenvalue weighted by molar-refractivity contribution is 9.10. The molecule has 4 rings (SSSR count). The highest BCUT2D eigenvalue weighted by Gasteiger charge is 2.39. The quantitative estimate of drug-likeness (QED) is 0.557. The second-order valence-electron chi connectivity index (χ2n) is 6.74. The van der Waals surface area contributed by atoms with Crippen LogP contribution in [-0.2, 0) is 0 Å². The molecule has 1 aliphatic heterocycles. The summed E-state index contributed by atoms with van der Waals surface area (Å²) in [4.78, 5) is 16.2. The van der Waals surface area contributed by atoms with Crippen LogP contribution in [0.15, 0.2) is 57.3 Å². The van der Waals surface area contributed by atoms with Crippen LogP contribution in [0.5, 0.6) is 0 Å². The van der Waals surface area contributed by atoms with Gasteiger partial charge in [-0.15, -0.1) is 0 Å². The SMILES string of the molecule is CC1=C2C(=CC=C(Cl)C2C)C(Nc2cccc(Cl)c2)c2c(C(=O)O)nc(Br)n21. The van der Waals surface area contributed by atoms with Crippen molar-refractivity contribution in [2.24, 2.45) is 5.92 Å². The van der Waals surface area contributed by atoms with Gasteiger partial charge in [-0.3, -0.25) is 4.57 Å². The number of carboxylic acids is 1. The summed E-state index contributed by atoms with van der Waals surface area (Å²) in [7, 11) is 0. The summed E-state index contributed by atoms with van der Waals surface area (Å²) >= 11 is 16.0. The molecule has 8 heteroatoms. The van der Waals surface area contributed by atoms with Gasteiger partial charge in [-0.05, 0) is 58.3 Å².